The van der Waals surface area contributed by atoms with Crippen LogP contribution in [-0.2, 0) is 28.5 Å². The van der Waals surface area contributed by atoms with Crippen molar-refractivity contribution in [1.29, 1.82) is 0 Å². The molecule has 38 heavy (non-hydrogen) atoms. The van der Waals surface area contributed by atoms with Gasteiger partial charge in [0, 0.05) is 31.8 Å². The summed E-state index contributed by atoms with van der Waals surface area (Å²) in [4.78, 5) is 26.4. The van der Waals surface area contributed by atoms with Gasteiger partial charge in [0.2, 0.25) is 0 Å². The molecular formula is C28H47N2O8+. The van der Waals surface area contributed by atoms with Gasteiger partial charge in [0.25, 0.3) is 0 Å². The number of carbonyl (C=O) groups excluding carboxylic acids is 2. The molecule has 5 fully saturated rings. The van der Waals surface area contributed by atoms with Gasteiger partial charge < -0.3 is 34.5 Å². The van der Waals surface area contributed by atoms with Crippen molar-refractivity contribution < 1.29 is 44.1 Å². The van der Waals surface area contributed by atoms with Crippen LogP contribution in [0.2, 0.25) is 0 Å². The molecule has 0 amide bonds. The highest BCUT2D eigenvalue weighted by molar-refractivity contribution is 5.84. The first kappa shape index (κ1) is 28.4. The second kappa shape index (κ2) is 11.0. The Morgan fingerprint density at radius 3 is 2.71 bits per heavy atom. The van der Waals surface area contributed by atoms with Gasteiger partial charge in [0.1, 0.15) is 18.1 Å². The molecule has 0 aromatic heterocycles. The Hall–Kier alpha value is -1.14. The summed E-state index contributed by atoms with van der Waals surface area (Å²) >= 11 is 0. The Balaban J connectivity index is 1.24. The smallest absolute Gasteiger partial charge is 0.341 e. The largest absolute Gasteiger partial charge is 0.457 e. The summed E-state index contributed by atoms with van der Waals surface area (Å²) < 4.78 is 24.6. The van der Waals surface area contributed by atoms with E-state index in [0.29, 0.717) is 38.0 Å². The molecule has 6 N–H and O–H groups in total. The average molecular weight is 540 g/mol. The third-order valence-corrected chi connectivity index (χ3v) is 9.74. The lowest BCUT2D eigenvalue weighted by Crippen LogP contribution is -2.94. The number of quaternary nitrogens is 1. The van der Waals surface area contributed by atoms with E-state index >= 15 is 0 Å². The molecule has 5 aliphatic rings. The molecule has 0 spiro atoms. The maximum absolute atomic E-state index is 13.6. The maximum Gasteiger partial charge on any atom is 0.341 e. The van der Waals surface area contributed by atoms with Crippen molar-refractivity contribution in [3.05, 3.63) is 0 Å². The van der Waals surface area contributed by atoms with E-state index in [0.717, 1.165) is 32.2 Å². The Morgan fingerprint density at radius 1 is 1.18 bits per heavy atom. The van der Waals surface area contributed by atoms with Gasteiger partial charge in [-0.3, -0.25) is 10.5 Å². The van der Waals surface area contributed by atoms with E-state index in [-0.39, 0.29) is 48.9 Å². The van der Waals surface area contributed by atoms with Gasteiger partial charge in [-0.1, -0.05) is 0 Å². The zero-order chi connectivity index (χ0) is 27.2. The number of piperidine rings is 1. The highest BCUT2D eigenvalue weighted by Gasteiger charge is 2.64. The number of aliphatic hydroxyl groups is 2. The van der Waals surface area contributed by atoms with Crippen molar-refractivity contribution in [2.24, 2.45) is 23.5 Å². The van der Waals surface area contributed by atoms with E-state index in [1.165, 1.54) is 0 Å². The molecule has 11 atom stereocenters. The van der Waals surface area contributed by atoms with Crippen LogP contribution in [0.5, 0.6) is 0 Å². The number of hydrogen-bond donors (Lipinski definition) is 4. The number of esters is 1. The number of Topliss-reactive ketones (excluding diaryl/α,β-unsaturated/α-hetero) is 1. The molecule has 5 rings (SSSR count). The van der Waals surface area contributed by atoms with Crippen LogP contribution in [0.15, 0.2) is 0 Å². The van der Waals surface area contributed by atoms with E-state index in [2.05, 4.69) is 5.32 Å². The average Bonchev–Trinajstić information content (AvgIpc) is 3.56. The number of rotatable bonds is 8. The fourth-order valence-corrected chi connectivity index (χ4v) is 7.55. The Morgan fingerprint density at radius 2 is 1.97 bits per heavy atom. The van der Waals surface area contributed by atoms with Crippen LogP contribution in [-0.4, -0.2) is 89.1 Å². The zero-order valence-electron chi connectivity index (χ0n) is 23.1. The van der Waals surface area contributed by atoms with E-state index < -0.39 is 35.3 Å². The molecule has 1 aliphatic carbocycles. The number of hydrogen-bond acceptors (Lipinski definition) is 9. The normalized spacial score (nSPS) is 46.1. The summed E-state index contributed by atoms with van der Waals surface area (Å²) in [5, 5.41) is 22.9. The minimum Gasteiger partial charge on any atom is -0.457 e. The molecule has 0 aromatic rings. The highest BCUT2D eigenvalue weighted by atomic mass is 16.7. The molecule has 10 nitrogen and oxygen atoms in total. The first-order valence-corrected chi connectivity index (χ1v) is 14.7. The molecule has 4 aliphatic heterocycles. The summed E-state index contributed by atoms with van der Waals surface area (Å²) in [6.45, 7) is 6.70. The Kier molecular flexibility index (Phi) is 8.24. The molecule has 10 heteroatoms. The van der Waals surface area contributed by atoms with Crippen LogP contribution < -0.4 is 11.1 Å². The Bertz CT molecular complexity index is 885. The third-order valence-electron chi connectivity index (χ3n) is 9.74. The molecule has 216 valence electrons. The first-order valence-electron chi connectivity index (χ1n) is 14.7. The molecule has 0 radical (unpaired) electrons. The molecule has 11 unspecified atom stereocenters. The predicted molar refractivity (Wildman–Crippen MR) is 136 cm³/mol. The van der Waals surface area contributed by atoms with Gasteiger partial charge in [-0.25, -0.2) is 4.79 Å². The van der Waals surface area contributed by atoms with Crippen molar-refractivity contribution in [1.82, 2.24) is 0 Å². The van der Waals surface area contributed by atoms with E-state index in [1.54, 1.807) is 0 Å². The number of ketones is 1. The summed E-state index contributed by atoms with van der Waals surface area (Å²) in [7, 11) is 0. The van der Waals surface area contributed by atoms with Crippen LogP contribution in [0.4, 0.5) is 0 Å². The van der Waals surface area contributed by atoms with Crippen molar-refractivity contribution in [3.8, 4) is 0 Å². The molecule has 1 saturated carbocycles. The van der Waals surface area contributed by atoms with E-state index in [9.17, 15) is 19.8 Å². The number of fused-ring (bicyclic) bond motifs is 2. The SMILES string of the molecule is CC1CC(=O)C2C(CC3OC(C)(C)C(OC(=O)C4(CCCO)OC4CCC4CC[NH2+]C(N)C4)CC3C2O)O1. The van der Waals surface area contributed by atoms with Gasteiger partial charge in [-0.2, -0.15) is 0 Å². The van der Waals surface area contributed by atoms with Crippen LogP contribution in [0, 0.1) is 17.8 Å². The number of aliphatic hydroxyl groups excluding tert-OH is 2. The monoisotopic (exact) mass is 539 g/mol. The predicted octanol–water partition coefficient (Wildman–Crippen LogP) is 0.158. The quantitative estimate of drug-likeness (QED) is 0.249. The van der Waals surface area contributed by atoms with Crippen LogP contribution in [0.1, 0.15) is 78.6 Å². The lowest BCUT2D eigenvalue weighted by Gasteiger charge is -2.53. The maximum atomic E-state index is 13.6. The Labute approximate surface area is 225 Å². The van der Waals surface area contributed by atoms with E-state index in [4.69, 9.17) is 24.7 Å². The van der Waals surface area contributed by atoms with Crippen LogP contribution in [0.3, 0.4) is 0 Å². The summed E-state index contributed by atoms with van der Waals surface area (Å²) in [6.07, 6.45) is 3.53. The van der Waals surface area contributed by atoms with Crippen molar-refractivity contribution >= 4 is 11.8 Å². The summed E-state index contributed by atoms with van der Waals surface area (Å²) in [5.41, 5.74) is 4.29. The van der Waals surface area contributed by atoms with Crippen LogP contribution >= 0.6 is 0 Å². The van der Waals surface area contributed by atoms with Crippen molar-refractivity contribution in [3.63, 3.8) is 0 Å². The standard InChI is InChI=1S/C28H46N2O8/c1-15-11-18(32)24-20(35-15)14-19-17(25(24)33)13-22(27(2,3)37-19)36-26(34)28(8-4-10-31)21(38-28)6-5-16-7-9-30-23(29)12-16/h15-17,19-25,30-31,33H,4-14,29H2,1-3H3/p+1. The van der Waals surface area contributed by atoms with Gasteiger partial charge in [0.05, 0.1) is 48.6 Å². The van der Waals surface area contributed by atoms with Gasteiger partial charge >= 0.3 is 5.97 Å². The summed E-state index contributed by atoms with van der Waals surface area (Å²) in [5.74, 6) is -0.740. The zero-order valence-corrected chi connectivity index (χ0v) is 23.1. The molecule has 0 aromatic carbocycles. The van der Waals surface area contributed by atoms with E-state index in [1.807, 2.05) is 20.8 Å². The van der Waals surface area contributed by atoms with Crippen molar-refractivity contribution in [2.45, 2.75) is 133 Å². The van der Waals surface area contributed by atoms with Crippen molar-refractivity contribution in [2.75, 3.05) is 13.2 Å². The molecule has 4 saturated heterocycles. The minimum absolute atomic E-state index is 0.0241. The fourth-order valence-electron chi connectivity index (χ4n) is 7.55. The van der Waals surface area contributed by atoms with Gasteiger partial charge in [-0.05, 0) is 65.2 Å². The van der Waals surface area contributed by atoms with Gasteiger partial charge in [-0.15, -0.1) is 0 Å². The third kappa shape index (κ3) is 5.55. The number of carbonyl (C=O) groups is 2. The summed E-state index contributed by atoms with van der Waals surface area (Å²) in [6, 6.07) is 0. The number of ether oxygens (including phenoxy) is 4. The lowest BCUT2D eigenvalue weighted by atomic mass is 9.67. The topological polar surface area (TPSA) is 157 Å². The number of epoxide rings is 1. The minimum atomic E-state index is -1.04. The second-order valence-electron chi connectivity index (χ2n) is 12.9. The second-order valence-corrected chi connectivity index (χ2v) is 12.9. The first-order chi connectivity index (χ1) is 18.0. The molecule has 0 bridgehead atoms. The molecule has 4 heterocycles. The molecular weight excluding hydrogens is 492 g/mol. The van der Waals surface area contributed by atoms with Gasteiger partial charge in [0.15, 0.2) is 5.60 Å². The fraction of sp³-hybridized carbons (Fsp3) is 0.929. The van der Waals surface area contributed by atoms with Crippen LogP contribution in [0.25, 0.3) is 0 Å². The lowest BCUT2D eigenvalue weighted by molar-refractivity contribution is -0.699. The number of nitrogens with two attached hydrogens (primary N) is 2. The highest BCUT2D eigenvalue weighted by Crippen LogP contribution is 2.49.